The molecule has 0 saturated heterocycles. The molecular formula is C12H17F2NO3S. The van der Waals surface area contributed by atoms with Crippen LogP contribution in [0.25, 0.3) is 0 Å². The van der Waals surface area contributed by atoms with Crippen LogP contribution in [0.3, 0.4) is 0 Å². The molecule has 0 bridgehead atoms. The fourth-order valence-electron chi connectivity index (χ4n) is 1.64. The van der Waals surface area contributed by atoms with Crippen LogP contribution < -0.4 is 4.72 Å². The van der Waals surface area contributed by atoms with Gasteiger partial charge in [-0.25, -0.2) is 21.9 Å². The first-order valence-electron chi connectivity index (χ1n) is 5.85. The number of hydrogen-bond acceptors (Lipinski definition) is 3. The molecule has 0 aliphatic carbocycles. The Balaban J connectivity index is 2.73. The molecule has 0 aliphatic heterocycles. The third-order valence-electron chi connectivity index (χ3n) is 2.57. The fraction of sp³-hybridized carbons (Fsp3) is 0.500. The van der Waals surface area contributed by atoms with Gasteiger partial charge in [-0.2, -0.15) is 0 Å². The summed E-state index contributed by atoms with van der Waals surface area (Å²) >= 11 is 0. The van der Waals surface area contributed by atoms with Crippen molar-refractivity contribution in [1.82, 2.24) is 4.72 Å². The smallest absolute Gasteiger partial charge is 0.240 e. The summed E-state index contributed by atoms with van der Waals surface area (Å²) in [6.45, 7) is 3.51. The van der Waals surface area contributed by atoms with Gasteiger partial charge in [-0.05, 0) is 37.5 Å². The van der Waals surface area contributed by atoms with Gasteiger partial charge in [-0.3, -0.25) is 0 Å². The molecule has 19 heavy (non-hydrogen) atoms. The lowest BCUT2D eigenvalue weighted by Crippen LogP contribution is -2.29. The van der Waals surface area contributed by atoms with Crippen LogP contribution in [-0.4, -0.2) is 26.2 Å². The number of halogens is 2. The van der Waals surface area contributed by atoms with Crippen LogP contribution in [0.1, 0.15) is 20.3 Å². The maximum atomic E-state index is 13.0. The number of sulfonamides is 1. The van der Waals surface area contributed by atoms with E-state index in [4.69, 9.17) is 5.11 Å². The highest BCUT2D eigenvalue weighted by Gasteiger charge is 2.17. The molecular weight excluding hydrogens is 276 g/mol. The zero-order valence-electron chi connectivity index (χ0n) is 10.7. The third kappa shape index (κ3) is 4.85. The van der Waals surface area contributed by atoms with Gasteiger partial charge in [0.05, 0.1) is 11.0 Å². The Morgan fingerprint density at radius 1 is 1.26 bits per heavy atom. The Hall–Kier alpha value is -1.05. The Morgan fingerprint density at radius 3 is 2.42 bits per heavy atom. The van der Waals surface area contributed by atoms with E-state index in [2.05, 4.69) is 4.72 Å². The number of aliphatic hydroxyl groups excluding tert-OH is 1. The molecule has 0 radical (unpaired) electrons. The van der Waals surface area contributed by atoms with Gasteiger partial charge in [0, 0.05) is 6.54 Å². The maximum absolute atomic E-state index is 13.0. The summed E-state index contributed by atoms with van der Waals surface area (Å²) in [7, 11) is -3.87. The van der Waals surface area contributed by atoms with E-state index >= 15 is 0 Å². The van der Waals surface area contributed by atoms with Crippen molar-refractivity contribution < 1.29 is 22.3 Å². The van der Waals surface area contributed by atoms with Gasteiger partial charge in [0.1, 0.15) is 0 Å². The number of benzene rings is 1. The molecule has 2 unspecified atom stereocenters. The molecule has 0 saturated carbocycles. The van der Waals surface area contributed by atoms with E-state index in [1.807, 2.05) is 0 Å². The van der Waals surface area contributed by atoms with Gasteiger partial charge in [-0.1, -0.05) is 6.92 Å². The molecule has 0 amide bonds. The van der Waals surface area contributed by atoms with Crippen LogP contribution in [-0.2, 0) is 10.0 Å². The second-order valence-electron chi connectivity index (χ2n) is 4.62. The largest absolute Gasteiger partial charge is 0.393 e. The van der Waals surface area contributed by atoms with Gasteiger partial charge in [0.2, 0.25) is 10.0 Å². The van der Waals surface area contributed by atoms with Gasteiger partial charge in [0.15, 0.2) is 11.6 Å². The highest BCUT2D eigenvalue weighted by atomic mass is 32.2. The first-order valence-corrected chi connectivity index (χ1v) is 7.33. The Kier molecular flexibility index (Phi) is 5.39. The summed E-state index contributed by atoms with van der Waals surface area (Å²) in [6, 6.07) is 2.40. The fourth-order valence-corrected chi connectivity index (χ4v) is 2.82. The molecule has 108 valence electrons. The molecule has 7 heteroatoms. The predicted molar refractivity (Wildman–Crippen MR) is 67.0 cm³/mol. The molecule has 0 spiro atoms. The molecule has 2 N–H and O–H groups in total. The molecule has 0 heterocycles. The normalized spacial score (nSPS) is 15.2. The zero-order valence-corrected chi connectivity index (χ0v) is 11.5. The Bertz CT molecular complexity index is 532. The minimum absolute atomic E-state index is 0.0694. The average Bonchev–Trinajstić information content (AvgIpc) is 2.29. The molecule has 1 rings (SSSR count). The molecule has 0 fully saturated rings. The quantitative estimate of drug-likeness (QED) is 0.838. The summed E-state index contributed by atoms with van der Waals surface area (Å²) in [5, 5.41) is 9.17. The highest BCUT2D eigenvalue weighted by Crippen LogP contribution is 2.14. The van der Waals surface area contributed by atoms with Gasteiger partial charge < -0.3 is 5.11 Å². The summed E-state index contributed by atoms with van der Waals surface area (Å²) in [5.41, 5.74) is 0. The highest BCUT2D eigenvalue weighted by molar-refractivity contribution is 7.89. The molecule has 0 aliphatic rings. The average molecular weight is 293 g/mol. The Labute approximate surface area is 111 Å². The topological polar surface area (TPSA) is 66.4 Å². The van der Waals surface area contributed by atoms with E-state index in [1.165, 1.54) is 0 Å². The SMILES string of the molecule is CC(O)CC(C)CNS(=O)(=O)c1ccc(F)c(F)c1. The predicted octanol–water partition coefficient (Wildman–Crippen LogP) is 1.65. The molecule has 1 aromatic carbocycles. The van der Waals surface area contributed by atoms with Gasteiger partial charge in [0.25, 0.3) is 0 Å². The number of aliphatic hydroxyl groups is 1. The molecule has 0 aromatic heterocycles. The van der Waals surface area contributed by atoms with E-state index in [9.17, 15) is 17.2 Å². The van der Waals surface area contributed by atoms with E-state index in [0.717, 1.165) is 12.1 Å². The summed E-state index contributed by atoms with van der Waals surface area (Å²) < 4.78 is 51.7. The van der Waals surface area contributed by atoms with E-state index < -0.39 is 27.8 Å². The third-order valence-corrected chi connectivity index (χ3v) is 3.99. The Morgan fingerprint density at radius 2 is 1.89 bits per heavy atom. The first-order chi connectivity index (χ1) is 8.72. The van der Waals surface area contributed by atoms with Crippen LogP contribution in [0.2, 0.25) is 0 Å². The van der Waals surface area contributed by atoms with Crippen molar-refractivity contribution >= 4 is 10.0 Å². The van der Waals surface area contributed by atoms with Crippen LogP contribution in [0, 0.1) is 17.6 Å². The van der Waals surface area contributed by atoms with Crippen LogP contribution in [0.15, 0.2) is 23.1 Å². The standard InChI is InChI=1S/C12H17F2NO3S/c1-8(5-9(2)16)7-15-19(17,18)10-3-4-11(13)12(14)6-10/h3-4,6,8-9,15-16H,5,7H2,1-2H3. The second kappa shape index (κ2) is 6.40. The first kappa shape index (κ1) is 16.0. The summed E-state index contributed by atoms with van der Waals surface area (Å²) in [5.74, 6) is -2.37. The monoisotopic (exact) mass is 293 g/mol. The van der Waals surface area contributed by atoms with Crippen molar-refractivity contribution in [1.29, 1.82) is 0 Å². The zero-order chi connectivity index (χ0) is 14.6. The lowest BCUT2D eigenvalue weighted by Gasteiger charge is -2.14. The maximum Gasteiger partial charge on any atom is 0.240 e. The minimum atomic E-state index is -3.87. The molecule has 4 nitrogen and oxygen atoms in total. The van der Waals surface area contributed by atoms with Crippen molar-refractivity contribution in [3.8, 4) is 0 Å². The van der Waals surface area contributed by atoms with E-state index in [1.54, 1.807) is 13.8 Å². The lowest BCUT2D eigenvalue weighted by molar-refractivity contribution is 0.165. The van der Waals surface area contributed by atoms with Crippen molar-refractivity contribution in [3.05, 3.63) is 29.8 Å². The van der Waals surface area contributed by atoms with Gasteiger partial charge in [-0.15, -0.1) is 0 Å². The number of rotatable bonds is 6. The van der Waals surface area contributed by atoms with Crippen molar-refractivity contribution in [2.75, 3.05) is 6.54 Å². The van der Waals surface area contributed by atoms with Crippen LogP contribution >= 0.6 is 0 Å². The van der Waals surface area contributed by atoms with Crippen molar-refractivity contribution in [2.45, 2.75) is 31.3 Å². The number of nitrogens with one attached hydrogen (secondary N) is 1. The summed E-state index contributed by atoms with van der Waals surface area (Å²) in [4.78, 5) is -0.323. The van der Waals surface area contributed by atoms with Crippen molar-refractivity contribution in [3.63, 3.8) is 0 Å². The summed E-state index contributed by atoms with van der Waals surface area (Å²) in [6.07, 6.45) is -0.0805. The molecule has 1 aromatic rings. The lowest BCUT2D eigenvalue weighted by atomic mass is 10.1. The number of hydrogen-bond donors (Lipinski definition) is 2. The minimum Gasteiger partial charge on any atom is -0.393 e. The second-order valence-corrected chi connectivity index (χ2v) is 6.38. The van der Waals surface area contributed by atoms with Crippen LogP contribution in [0.5, 0.6) is 0 Å². The van der Waals surface area contributed by atoms with Gasteiger partial charge >= 0.3 is 0 Å². The molecule has 2 atom stereocenters. The van der Waals surface area contributed by atoms with Crippen molar-refractivity contribution in [2.24, 2.45) is 5.92 Å². The van der Waals surface area contributed by atoms with Crippen LogP contribution in [0.4, 0.5) is 8.78 Å². The van der Waals surface area contributed by atoms with E-state index in [0.29, 0.717) is 12.5 Å². The van der Waals surface area contributed by atoms with E-state index in [-0.39, 0.29) is 17.4 Å².